The van der Waals surface area contributed by atoms with Gasteiger partial charge in [0.25, 0.3) is 0 Å². The summed E-state index contributed by atoms with van der Waals surface area (Å²) in [6.07, 6.45) is 0. The number of carbonyl (C=O) groups excluding carboxylic acids is 2. The van der Waals surface area contributed by atoms with Crippen molar-refractivity contribution in [2.24, 2.45) is 0 Å². The second-order valence-electron chi connectivity index (χ2n) is 4.72. The molecule has 0 bridgehead atoms. The number of anilines is 1. The van der Waals surface area contributed by atoms with Gasteiger partial charge in [-0.15, -0.1) is 0 Å². The first-order valence-electron chi connectivity index (χ1n) is 6.03. The normalized spacial score (nSPS) is 13.1. The predicted molar refractivity (Wildman–Crippen MR) is 73.8 cm³/mol. The standard InChI is InChI=1S/C14H9NO6S.Na/c15-11-9(22(19,20)21)5-8-10(14(11)18)13(17)7-4-2-1-3-6(7)12(8)16;/h1-5,18H,15H2,(H,19,20,21);/q;+1/p-1. The first kappa shape index (κ1) is 17.6. The smallest absolute Gasteiger partial charge is 0.744 e. The Hall–Kier alpha value is -1.71. The van der Waals surface area contributed by atoms with Crippen molar-refractivity contribution in [1.29, 1.82) is 0 Å². The van der Waals surface area contributed by atoms with Crippen molar-refractivity contribution < 1.29 is 57.2 Å². The summed E-state index contributed by atoms with van der Waals surface area (Å²) >= 11 is 0. The number of hydrogen-bond donors (Lipinski definition) is 2. The van der Waals surface area contributed by atoms with E-state index >= 15 is 0 Å². The molecule has 0 heterocycles. The summed E-state index contributed by atoms with van der Waals surface area (Å²) in [6.45, 7) is 0. The number of nitrogen functional groups attached to an aromatic ring is 1. The number of fused-ring (bicyclic) bond motifs is 2. The number of phenols is 1. The molecular formula is C14H8NNaO6S. The van der Waals surface area contributed by atoms with Gasteiger partial charge >= 0.3 is 29.6 Å². The van der Waals surface area contributed by atoms with E-state index in [9.17, 15) is 27.7 Å². The fourth-order valence-electron chi connectivity index (χ4n) is 2.43. The molecule has 0 radical (unpaired) electrons. The Morgan fingerprint density at radius 3 is 2.04 bits per heavy atom. The van der Waals surface area contributed by atoms with Crippen LogP contribution in [0.1, 0.15) is 31.8 Å². The maximum atomic E-state index is 12.4. The summed E-state index contributed by atoms with van der Waals surface area (Å²) < 4.78 is 33.5. The fraction of sp³-hybridized carbons (Fsp3) is 0. The van der Waals surface area contributed by atoms with Crippen LogP contribution in [0.15, 0.2) is 35.2 Å². The van der Waals surface area contributed by atoms with E-state index in [0.29, 0.717) is 0 Å². The molecule has 2 aromatic carbocycles. The summed E-state index contributed by atoms with van der Waals surface area (Å²) in [5.74, 6) is -2.20. The molecule has 0 amide bonds. The first-order chi connectivity index (χ1) is 10.2. The molecular weight excluding hydrogens is 333 g/mol. The van der Waals surface area contributed by atoms with Gasteiger partial charge in [-0.1, -0.05) is 24.3 Å². The molecule has 3 rings (SSSR count). The predicted octanol–water partition coefficient (Wildman–Crippen LogP) is -2.34. The number of aromatic hydroxyl groups is 1. The van der Waals surface area contributed by atoms with Crippen LogP contribution in [-0.4, -0.2) is 29.6 Å². The van der Waals surface area contributed by atoms with Crippen LogP contribution in [0.4, 0.5) is 5.69 Å². The van der Waals surface area contributed by atoms with E-state index in [2.05, 4.69) is 0 Å². The number of rotatable bonds is 1. The average Bonchev–Trinajstić information content (AvgIpc) is 2.46. The molecule has 112 valence electrons. The Morgan fingerprint density at radius 1 is 1.00 bits per heavy atom. The van der Waals surface area contributed by atoms with Gasteiger partial charge in [0.1, 0.15) is 10.1 Å². The van der Waals surface area contributed by atoms with E-state index in [1.54, 1.807) is 6.07 Å². The maximum Gasteiger partial charge on any atom is 1.00 e. The van der Waals surface area contributed by atoms with Gasteiger partial charge in [-0.05, 0) is 6.07 Å². The molecule has 0 fully saturated rings. The van der Waals surface area contributed by atoms with Gasteiger partial charge in [0.05, 0.1) is 16.1 Å². The average molecular weight is 341 g/mol. The van der Waals surface area contributed by atoms with Crippen molar-refractivity contribution in [3.8, 4) is 5.75 Å². The third-order valence-electron chi connectivity index (χ3n) is 3.46. The third-order valence-corrected chi connectivity index (χ3v) is 4.34. The molecule has 0 saturated carbocycles. The van der Waals surface area contributed by atoms with Crippen molar-refractivity contribution in [2.45, 2.75) is 4.90 Å². The number of carbonyl (C=O) groups is 2. The van der Waals surface area contributed by atoms with Crippen molar-refractivity contribution in [2.75, 3.05) is 5.73 Å². The summed E-state index contributed by atoms with van der Waals surface area (Å²) in [6, 6.07) is 6.63. The van der Waals surface area contributed by atoms with Gasteiger partial charge in [0.2, 0.25) is 0 Å². The van der Waals surface area contributed by atoms with Crippen LogP contribution < -0.4 is 35.3 Å². The number of nitrogens with two attached hydrogens (primary N) is 1. The summed E-state index contributed by atoms with van der Waals surface area (Å²) in [5, 5.41) is 10.00. The van der Waals surface area contributed by atoms with Crippen LogP contribution in [0.3, 0.4) is 0 Å². The molecule has 0 saturated heterocycles. The molecule has 1 aliphatic rings. The number of benzene rings is 2. The maximum absolute atomic E-state index is 12.4. The Kier molecular flexibility index (Phi) is 4.40. The van der Waals surface area contributed by atoms with Gasteiger partial charge in [-0.25, -0.2) is 8.42 Å². The quantitative estimate of drug-likeness (QED) is 0.219. The van der Waals surface area contributed by atoms with Crippen molar-refractivity contribution in [3.63, 3.8) is 0 Å². The summed E-state index contributed by atoms with van der Waals surface area (Å²) in [4.78, 5) is 23.9. The van der Waals surface area contributed by atoms with Crippen molar-refractivity contribution >= 4 is 27.4 Å². The minimum Gasteiger partial charge on any atom is -0.744 e. The van der Waals surface area contributed by atoms with Gasteiger partial charge in [-0.3, -0.25) is 9.59 Å². The molecule has 9 heteroatoms. The Balaban J connectivity index is 0.00000192. The van der Waals surface area contributed by atoms with E-state index in [1.807, 2.05) is 0 Å². The van der Waals surface area contributed by atoms with Crippen LogP contribution in [0.5, 0.6) is 5.75 Å². The topological polar surface area (TPSA) is 138 Å². The molecule has 0 atom stereocenters. The van der Waals surface area contributed by atoms with Crippen LogP contribution in [0, 0.1) is 0 Å². The molecule has 3 N–H and O–H groups in total. The second-order valence-corrected chi connectivity index (χ2v) is 6.07. The minimum absolute atomic E-state index is 0. The van der Waals surface area contributed by atoms with Gasteiger partial charge in [0.15, 0.2) is 17.3 Å². The number of phenolic OH excluding ortho intramolecular Hbond substituents is 1. The zero-order valence-corrected chi connectivity index (χ0v) is 14.7. The van der Waals surface area contributed by atoms with E-state index in [-0.39, 0.29) is 46.2 Å². The van der Waals surface area contributed by atoms with Gasteiger partial charge < -0.3 is 15.4 Å². The molecule has 1 aliphatic carbocycles. The first-order valence-corrected chi connectivity index (χ1v) is 7.44. The zero-order valence-electron chi connectivity index (χ0n) is 11.9. The minimum atomic E-state index is -5.01. The Bertz CT molecular complexity index is 967. The van der Waals surface area contributed by atoms with Gasteiger partial charge in [0, 0.05) is 16.7 Å². The molecule has 0 unspecified atom stereocenters. The summed E-state index contributed by atoms with van der Waals surface area (Å²) in [5.41, 5.74) is 4.08. The van der Waals surface area contributed by atoms with E-state index in [1.165, 1.54) is 18.2 Å². The SMILES string of the molecule is Nc1c(S(=O)(=O)[O-])cc2c(c1O)C(=O)c1ccccc1C2=O.[Na+]. The van der Waals surface area contributed by atoms with E-state index in [0.717, 1.165) is 6.07 Å². The second kappa shape index (κ2) is 5.73. The van der Waals surface area contributed by atoms with E-state index < -0.39 is 43.6 Å². The third kappa shape index (κ3) is 2.58. The van der Waals surface area contributed by atoms with Crippen LogP contribution in [-0.2, 0) is 10.1 Å². The molecule has 2 aromatic rings. The van der Waals surface area contributed by atoms with Gasteiger partial charge in [-0.2, -0.15) is 0 Å². The molecule has 23 heavy (non-hydrogen) atoms. The number of ketones is 2. The van der Waals surface area contributed by atoms with Crippen LogP contribution in [0.25, 0.3) is 0 Å². The Morgan fingerprint density at radius 2 is 1.52 bits per heavy atom. The molecule has 0 aliphatic heterocycles. The van der Waals surface area contributed by atoms with Crippen LogP contribution >= 0.6 is 0 Å². The van der Waals surface area contributed by atoms with Crippen molar-refractivity contribution in [1.82, 2.24) is 0 Å². The fourth-order valence-corrected chi connectivity index (χ4v) is 3.06. The molecule has 7 nitrogen and oxygen atoms in total. The Labute approximate surface area is 153 Å². The van der Waals surface area contributed by atoms with E-state index in [4.69, 9.17) is 5.73 Å². The summed E-state index contributed by atoms with van der Waals surface area (Å²) in [7, 11) is -5.01. The monoisotopic (exact) mass is 341 g/mol. The largest absolute Gasteiger partial charge is 1.00 e. The van der Waals surface area contributed by atoms with Crippen LogP contribution in [0.2, 0.25) is 0 Å². The zero-order chi connectivity index (χ0) is 16.2. The molecule has 0 spiro atoms. The molecule has 0 aromatic heterocycles. The van der Waals surface area contributed by atoms with Crippen molar-refractivity contribution in [3.05, 3.63) is 52.6 Å². The number of hydrogen-bond acceptors (Lipinski definition) is 7.